The molecule has 3 N–H and O–H groups in total. The van der Waals surface area contributed by atoms with Gasteiger partial charge >= 0.3 is 0 Å². The Morgan fingerprint density at radius 3 is 2.68 bits per heavy atom. The monoisotopic (exact) mass is 623 g/mol. The Kier molecular flexibility index (Phi) is 9.02. The average molecular weight is 624 g/mol. The van der Waals surface area contributed by atoms with Gasteiger partial charge in [0.2, 0.25) is 0 Å². The van der Waals surface area contributed by atoms with Gasteiger partial charge in [-0.25, -0.2) is 9.37 Å². The molecule has 0 radical (unpaired) electrons. The Balaban J connectivity index is 1.45. The first kappa shape index (κ1) is 30.8. The first-order chi connectivity index (χ1) is 21.1. The van der Waals surface area contributed by atoms with Crippen LogP contribution in [0.5, 0.6) is 17.2 Å². The van der Waals surface area contributed by atoms with Gasteiger partial charge < -0.3 is 30.0 Å². The van der Waals surface area contributed by atoms with Crippen LogP contribution in [0, 0.1) is 12.7 Å². The predicted molar refractivity (Wildman–Crippen MR) is 159 cm³/mol. The van der Waals surface area contributed by atoms with Crippen molar-refractivity contribution in [2.24, 2.45) is 0 Å². The van der Waals surface area contributed by atoms with Crippen LogP contribution in [0.4, 0.5) is 4.39 Å². The van der Waals surface area contributed by atoms with E-state index in [4.69, 9.17) is 30.8 Å². The van der Waals surface area contributed by atoms with Crippen LogP contribution in [-0.2, 0) is 16.9 Å². The van der Waals surface area contributed by atoms with Crippen LogP contribution in [0.3, 0.4) is 0 Å². The molecule has 2 aromatic heterocycles. The third kappa shape index (κ3) is 6.46. The van der Waals surface area contributed by atoms with Gasteiger partial charge in [-0.2, -0.15) is 5.10 Å². The average Bonchev–Trinajstić information content (AvgIpc) is 3.68. The molecule has 1 saturated heterocycles. The first-order valence-electron chi connectivity index (χ1n) is 13.7. The molecule has 0 bridgehead atoms. The molecule has 0 aliphatic carbocycles. The summed E-state index contributed by atoms with van der Waals surface area (Å²) in [6, 6.07) is 12.1. The molecule has 13 heteroatoms. The summed E-state index contributed by atoms with van der Waals surface area (Å²) in [5.74, 6) is -0.264. The van der Waals surface area contributed by atoms with Crippen LogP contribution in [-0.4, -0.2) is 65.1 Å². The number of carbonyl (C=O) groups is 2. The summed E-state index contributed by atoms with van der Waals surface area (Å²) in [6.07, 6.45) is 3.13. The maximum Gasteiger partial charge on any atom is 0.261 e. The van der Waals surface area contributed by atoms with E-state index in [9.17, 15) is 19.1 Å². The standard InChI is InChI=1S/C31H31ClFN5O6/c1-18-13-26(37-27(28(18)43-3)19-5-7-22(33)21(32)14-19)31(41,17-38-12-4-10-36-38)16-35-29(39)20-6-8-23(25(15-20)42-2)44-24-9-11-34-30(24)40/h4-8,10,12-15,24,41H,9,11,16-17H2,1-3H3,(H,34,40)(H,35,39). The number of pyridine rings is 1. The smallest absolute Gasteiger partial charge is 0.261 e. The Morgan fingerprint density at radius 1 is 1.20 bits per heavy atom. The largest absolute Gasteiger partial charge is 0.494 e. The van der Waals surface area contributed by atoms with Crippen molar-refractivity contribution in [2.45, 2.75) is 31.6 Å². The predicted octanol–water partition coefficient (Wildman–Crippen LogP) is 3.65. The molecule has 1 aliphatic rings. The zero-order valence-electron chi connectivity index (χ0n) is 24.3. The minimum absolute atomic E-state index is 0.0534. The summed E-state index contributed by atoms with van der Waals surface area (Å²) in [5.41, 5.74) is 0.180. The SMILES string of the molecule is COc1cc(C(=O)NCC(O)(Cn2cccn2)c2cc(C)c(OC)c(-c3ccc(F)c(Cl)c3)n2)ccc1OC1CCNC1=O. The highest BCUT2D eigenvalue weighted by Crippen LogP contribution is 2.36. The summed E-state index contributed by atoms with van der Waals surface area (Å²) < 4.78 is 32.3. The fourth-order valence-corrected chi connectivity index (χ4v) is 5.14. The Bertz CT molecular complexity index is 1680. The van der Waals surface area contributed by atoms with E-state index in [0.29, 0.717) is 41.3 Å². The number of methoxy groups -OCH3 is 2. The van der Waals surface area contributed by atoms with Gasteiger partial charge in [-0.1, -0.05) is 11.6 Å². The van der Waals surface area contributed by atoms with E-state index >= 15 is 0 Å². The van der Waals surface area contributed by atoms with E-state index in [1.54, 1.807) is 43.6 Å². The summed E-state index contributed by atoms with van der Waals surface area (Å²) >= 11 is 6.06. The van der Waals surface area contributed by atoms with Crippen molar-refractivity contribution >= 4 is 23.4 Å². The second-order valence-corrected chi connectivity index (χ2v) is 10.7. The molecular formula is C31H31ClFN5O6. The molecule has 11 nitrogen and oxygen atoms in total. The second-order valence-electron chi connectivity index (χ2n) is 10.3. The number of rotatable bonds is 11. The fourth-order valence-electron chi connectivity index (χ4n) is 4.96. The maximum absolute atomic E-state index is 13.9. The van der Waals surface area contributed by atoms with E-state index in [-0.39, 0.29) is 41.0 Å². The fraction of sp³-hybridized carbons (Fsp3) is 0.290. The number of nitrogens with one attached hydrogen (secondary N) is 2. The Morgan fingerprint density at radius 2 is 2.02 bits per heavy atom. The van der Waals surface area contributed by atoms with E-state index in [0.717, 1.165) is 0 Å². The molecule has 4 aromatic rings. The van der Waals surface area contributed by atoms with Gasteiger partial charge in [-0.15, -0.1) is 0 Å². The lowest BCUT2D eigenvalue weighted by Gasteiger charge is -2.29. The molecule has 5 rings (SSSR count). The van der Waals surface area contributed by atoms with Crippen LogP contribution in [0.2, 0.25) is 5.02 Å². The molecule has 0 saturated carbocycles. The summed E-state index contributed by atoms with van der Waals surface area (Å²) in [4.78, 5) is 30.0. The summed E-state index contributed by atoms with van der Waals surface area (Å²) in [6.45, 7) is 2.01. The number of nitrogens with zero attached hydrogens (tertiary/aromatic N) is 3. The normalized spacial score (nSPS) is 15.8. The number of aromatic nitrogens is 3. The molecule has 1 aliphatic heterocycles. The minimum atomic E-state index is -1.75. The Hall–Kier alpha value is -4.68. The van der Waals surface area contributed by atoms with Crippen LogP contribution in [0.25, 0.3) is 11.3 Å². The molecule has 2 unspecified atom stereocenters. The van der Waals surface area contributed by atoms with Gasteiger partial charge in [0, 0.05) is 36.5 Å². The maximum atomic E-state index is 13.9. The zero-order chi connectivity index (χ0) is 31.4. The number of halogens is 2. The highest BCUT2D eigenvalue weighted by Gasteiger charge is 2.35. The quantitative estimate of drug-likeness (QED) is 0.230. The van der Waals surface area contributed by atoms with Crippen molar-refractivity contribution in [3.05, 3.63) is 88.6 Å². The van der Waals surface area contributed by atoms with Gasteiger partial charge in [0.25, 0.3) is 11.8 Å². The lowest BCUT2D eigenvalue weighted by Crippen LogP contribution is -2.44. The van der Waals surface area contributed by atoms with Crippen LogP contribution >= 0.6 is 11.6 Å². The van der Waals surface area contributed by atoms with Crippen molar-refractivity contribution in [1.82, 2.24) is 25.4 Å². The molecule has 0 spiro atoms. The van der Waals surface area contributed by atoms with Crippen LogP contribution < -0.4 is 24.8 Å². The van der Waals surface area contributed by atoms with E-state index in [2.05, 4.69) is 15.7 Å². The third-order valence-electron chi connectivity index (χ3n) is 7.25. The van der Waals surface area contributed by atoms with Crippen molar-refractivity contribution < 1.29 is 33.3 Å². The summed E-state index contributed by atoms with van der Waals surface area (Å²) in [7, 11) is 2.92. The number of carbonyl (C=O) groups excluding carboxylic acids is 2. The van der Waals surface area contributed by atoms with Gasteiger partial charge in [0.05, 0.1) is 38.0 Å². The van der Waals surface area contributed by atoms with Crippen LogP contribution in [0.1, 0.15) is 28.0 Å². The van der Waals surface area contributed by atoms with E-state index in [1.807, 2.05) is 0 Å². The van der Waals surface area contributed by atoms with Gasteiger partial charge in [0.1, 0.15) is 22.9 Å². The highest BCUT2D eigenvalue weighted by atomic mass is 35.5. The number of aliphatic hydroxyl groups is 1. The van der Waals surface area contributed by atoms with Crippen molar-refractivity contribution in [3.8, 4) is 28.5 Å². The van der Waals surface area contributed by atoms with Gasteiger partial charge in [-0.05, 0) is 61.0 Å². The van der Waals surface area contributed by atoms with Gasteiger partial charge in [-0.3, -0.25) is 14.3 Å². The third-order valence-corrected chi connectivity index (χ3v) is 7.54. The first-order valence-corrected chi connectivity index (χ1v) is 14.1. The molecule has 3 heterocycles. The van der Waals surface area contributed by atoms with Crippen molar-refractivity contribution in [3.63, 3.8) is 0 Å². The van der Waals surface area contributed by atoms with Crippen LogP contribution in [0.15, 0.2) is 60.9 Å². The van der Waals surface area contributed by atoms with Crippen molar-refractivity contribution in [2.75, 3.05) is 27.3 Å². The summed E-state index contributed by atoms with van der Waals surface area (Å²) in [5, 5.41) is 21.7. The molecule has 2 aromatic carbocycles. The molecule has 2 amide bonds. The van der Waals surface area contributed by atoms with E-state index in [1.165, 1.54) is 43.2 Å². The number of benzene rings is 2. The molecule has 2 atom stereocenters. The number of amides is 2. The number of hydrogen-bond acceptors (Lipinski definition) is 8. The molecule has 1 fully saturated rings. The Labute approximate surface area is 257 Å². The topological polar surface area (TPSA) is 137 Å². The highest BCUT2D eigenvalue weighted by molar-refractivity contribution is 6.31. The van der Waals surface area contributed by atoms with Gasteiger partial charge in [0.15, 0.2) is 17.6 Å². The number of hydrogen-bond donors (Lipinski definition) is 3. The molecule has 44 heavy (non-hydrogen) atoms. The van der Waals surface area contributed by atoms with E-state index < -0.39 is 23.4 Å². The lowest BCUT2D eigenvalue weighted by atomic mass is 9.95. The zero-order valence-corrected chi connectivity index (χ0v) is 25.0. The number of ether oxygens (including phenoxy) is 3. The minimum Gasteiger partial charge on any atom is -0.494 e. The number of aryl methyl sites for hydroxylation is 1. The second kappa shape index (κ2) is 12.9. The molecule has 230 valence electrons. The lowest BCUT2D eigenvalue weighted by molar-refractivity contribution is -0.124. The molecular weight excluding hydrogens is 593 g/mol. The van der Waals surface area contributed by atoms with Crippen molar-refractivity contribution in [1.29, 1.82) is 0 Å².